The summed E-state index contributed by atoms with van der Waals surface area (Å²) in [6, 6.07) is -0.633. The van der Waals surface area contributed by atoms with E-state index in [1.807, 2.05) is 6.08 Å². The zero-order valence-electron chi connectivity index (χ0n) is 39.2. The first kappa shape index (κ1) is 57.1. The molecule has 0 aromatic carbocycles. The van der Waals surface area contributed by atoms with Crippen molar-refractivity contribution in [3.63, 3.8) is 0 Å². The Hall–Kier alpha value is -1.92. The van der Waals surface area contributed by atoms with Crippen LogP contribution >= 0.6 is 0 Å². The third-order valence-electron chi connectivity index (χ3n) is 11.6. The maximum atomic E-state index is 12.4. The number of nitrogens with one attached hydrogen (secondary N) is 1. The fourth-order valence-electron chi connectivity index (χ4n) is 7.62. The summed E-state index contributed by atoms with van der Waals surface area (Å²) in [4.78, 5) is 24.4. The number of unbranched alkanes of at least 4 members (excludes halogenated alkanes) is 32. The van der Waals surface area contributed by atoms with Crippen LogP contribution in [0.5, 0.6) is 0 Å². The van der Waals surface area contributed by atoms with Crippen molar-refractivity contribution in [3.8, 4) is 0 Å². The molecule has 0 rings (SSSR count). The first-order valence-electron chi connectivity index (χ1n) is 25.8. The average molecular weight is 830 g/mol. The summed E-state index contributed by atoms with van der Waals surface area (Å²) in [5.74, 6) is -0.0877. The van der Waals surface area contributed by atoms with Gasteiger partial charge >= 0.3 is 5.97 Å². The lowest BCUT2D eigenvalue weighted by Crippen LogP contribution is -2.45. The number of aliphatic hydroxyl groups excluding tert-OH is 2. The minimum absolute atomic E-state index is 0.00778. The van der Waals surface area contributed by atoms with Crippen LogP contribution in [0.4, 0.5) is 0 Å². The topological polar surface area (TPSA) is 95.9 Å². The average Bonchev–Trinajstić information content (AvgIpc) is 3.24. The molecule has 0 aliphatic heterocycles. The maximum absolute atomic E-state index is 12.4. The molecule has 0 spiro atoms. The van der Waals surface area contributed by atoms with E-state index in [1.54, 1.807) is 6.08 Å². The number of aliphatic hydroxyl groups is 2. The SMILES string of the molecule is CCCCC/C=C\CCCCCCCC(=O)OCCCCCCCCCC/C=C\CCCCCCCCCC(=O)NC(CO)C(O)/C=C/CCCCCCCCCCC. The van der Waals surface area contributed by atoms with Crippen molar-refractivity contribution in [2.45, 2.75) is 276 Å². The normalized spacial score (nSPS) is 12.9. The smallest absolute Gasteiger partial charge is 0.305 e. The van der Waals surface area contributed by atoms with Crippen LogP contribution in [0.3, 0.4) is 0 Å². The van der Waals surface area contributed by atoms with E-state index in [0.717, 1.165) is 51.4 Å². The third-order valence-corrected chi connectivity index (χ3v) is 11.6. The molecule has 0 aromatic rings. The second kappa shape index (κ2) is 48.7. The summed E-state index contributed by atoms with van der Waals surface area (Å²) < 4.78 is 5.45. The molecule has 6 heteroatoms. The van der Waals surface area contributed by atoms with Gasteiger partial charge in [0.1, 0.15) is 0 Å². The molecule has 0 aliphatic carbocycles. The molecule has 6 nitrogen and oxygen atoms in total. The molecule has 0 heterocycles. The Kier molecular flexibility index (Phi) is 47.2. The summed E-state index contributed by atoms with van der Waals surface area (Å²) in [5, 5.41) is 23.0. The highest BCUT2D eigenvalue weighted by Crippen LogP contribution is 2.15. The van der Waals surface area contributed by atoms with E-state index in [0.29, 0.717) is 19.4 Å². The molecule has 0 aromatic heterocycles. The largest absolute Gasteiger partial charge is 0.466 e. The number of esters is 1. The van der Waals surface area contributed by atoms with Gasteiger partial charge in [-0.2, -0.15) is 0 Å². The Morgan fingerprint density at radius 1 is 0.458 bits per heavy atom. The van der Waals surface area contributed by atoms with Gasteiger partial charge in [-0.1, -0.05) is 204 Å². The Labute approximate surface area is 366 Å². The summed E-state index contributed by atoms with van der Waals surface area (Å²) in [7, 11) is 0. The number of allylic oxidation sites excluding steroid dienone is 5. The molecule has 0 radical (unpaired) electrons. The molecule has 1 amide bonds. The summed E-state index contributed by atoms with van der Waals surface area (Å²) >= 11 is 0. The lowest BCUT2D eigenvalue weighted by Gasteiger charge is -2.20. The molecule has 346 valence electrons. The van der Waals surface area contributed by atoms with Crippen LogP contribution < -0.4 is 5.32 Å². The van der Waals surface area contributed by atoms with Gasteiger partial charge in [0.15, 0.2) is 0 Å². The zero-order chi connectivity index (χ0) is 43.0. The maximum Gasteiger partial charge on any atom is 0.305 e. The molecule has 0 saturated carbocycles. The van der Waals surface area contributed by atoms with Crippen molar-refractivity contribution in [2.24, 2.45) is 0 Å². The van der Waals surface area contributed by atoms with Crippen LogP contribution in [0.25, 0.3) is 0 Å². The second-order valence-corrected chi connectivity index (χ2v) is 17.5. The van der Waals surface area contributed by atoms with Gasteiger partial charge < -0.3 is 20.3 Å². The number of amides is 1. The van der Waals surface area contributed by atoms with Crippen LogP contribution in [-0.2, 0) is 14.3 Å². The molecule has 2 atom stereocenters. The minimum Gasteiger partial charge on any atom is -0.466 e. The second-order valence-electron chi connectivity index (χ2n) is 17.5. The lowest BCUT2D eigenvalue weighted by atomic mass is 10.1. The molecule has 3 N–H and O–H groups in total. The highest BCUT2D eigenvalue weighted by atomic mass is 16.5. The number of hydrogen-bond donors (Lipinski definition) is 3. The predicted octanol–water partition coefficient (Wildman–Crippen LogP) is 15.3. The van der Waals surface area contributed by atoms with Crippen molar-refractivity contribution >= 4 is 11.9 Å². The van der Waals surface area contributed by atoms with E-state index in [4.69, 9.17) is 4.74 Å². The van der Waals surface area contributed by atoms with Crippen molar-refractivity contribution in [3.05, 3.63) is 36.5 Å². The van der Waals surface area contributed by atoms with E-state index < -0.39 is 12.1 Å². The Morgan fingerprint density at radius 3 is 1.24 bits per heavy atom. The Balaban J connectivity index is 3.47. The van der Waals surface area contributed by atoms with Crippen LogP contribution in [0, 0.1) is 0 Å². The standard InChI is InChI=1S/C53H99NO5/c1-3-5-7-9-11-13-15-27-31-35-39-43-47-53(58)59-48-44-40-36-32-28-24-22-20-18-16-17-19-21-23-26-30-34-38-42-46-52(57)54-50(49-55)51(56)45-41-37-33-29-25-14-12-10-8-6-4-2/h11,13,16-17,41,45,50-51,55-56H,3-10,12,14-15,18-40,42-44,46-49H2,1-2H3,(H,54,57)/b13-11-,17-16-,45-41+. The van der Waals surface area contributed by atoms with E-state index in [-0.39, 0.29) is 18.5 Å². The molecular weight excluding hydrogens is 731 g/mol. The highest BCUT2D eigenvalue weighted by molar-refractivity contribution is 5.76. The number of ether oxygens (including phenoxy) is 1. The first-order valence-corrected chi connectivity index (χ1v) is 25.8. The van der Waals surface area contributed by atoms with Gasteiger partial charge in [0, 0.05) is 12.8 Å². The zero-order valence-corrected chi connectivity index (χ0v) is 39.2. The predicted molar refractivity (Wildman–Crippen MR) is 255 cm³/mol. The quantitative estimate of drug-likeness (QED) is 0.0323. The van der Waals surface area contributed by atoms with Crippen LogP contribution in [0.1, 0.15) is 264 Å². The summed E-state index contributed by atoms with van der Waals surface area (Å²) in [5.41, 5.74) is 0. The van der Waals surface area contributed by atoms with Crippen LogP contribution in [0.15, 0.2) is 36.5 Å². The Bertz CT molecular complexity index is 962. The molecule has 0 fully saturated rings. The van der Waals surface area contributed by atoms with Gasteiger partial charge in [0.05, 0.1) is 25.4 Å². The van der Waals surface area contributed by atoms with Crippen molar-refractivity contribution in [1.82, 2.24) is 5.32 Å². The monoisotopic (exact) mass is 830 g/mol. The minimum atomic E-state index is -0.849. The first-order chi connectivity index (χ1) is 29.0. The molecule has 2 unspecified atom stereocenters. The number of hydrogen-bond acceptors (Lipinski definition) is 5. The third kappa shape index (κ3) is 45.4. The van der Waals surface area contributed by atoms with Crippen molar-refractivity contribution in [1.29, 1.82) is 0 Å². The van der Waals surface area contributed by atoms with Crippen molar-refractivity contribution < 1.29 is 24.5 Å². The molecule has 0 saturated heterocycles. The van der Waals surface area contributed by atoms with Gasteiger partial charge in [0.2, 0.25) is 5.91 Å². The van der Waals surface area contributed by atoms with Gasteiger partial charge in [-0.05, 0) is 83.5 Å². The van der Waals surface area contributed by atoms with E-state index >= 15 is 0 Å². The molecule has 0 bridgehead atoms. The van der Waals surface area contributed by atoms with Crippen LogP contribution in [-0.4, -0.2) is 47.4 Å². The van der Waals surface area contributed by atoms with Gasteiger partial charge in [-0.25, -0.2) is 0 Å². The summed E-state index contributed by atoms with van der Waals surface area (Å²) in [6.07, 6.45) is 58.6. The summed E-state index contributed by atoms with van der Waals surface area (Å²) in [6.45, 7) is 4.84. The number of carbonyl (C=O) groups is 2. The van der Waals surface area contributed by atoms with Gasteiger partial charge in [-0.3, -0.25) is 9.59 Å². The molecule has 59 heavy (non-hydrogen) atoms. The van der Waals surface area contributed by atoms with Crippen LogP contribution in [0.2, 0.25) is 0 Å². The van der Waals surface area contributed by atoms with E-state index in [1.165, 1.54) is 186 Å². The lowest BCUT2D eigenvalue weighted by molar-refractivity contribution is -0.143. The number of carbonyl (C=O) groups excluding carboxylic acids is 2. The highest BCUT2D eigenvalue weighted by Gasteiger charge is 2.18. The fraction of sp³-hybridized carbons (Fsp3) is 0.849. The van der Waals surface area contributed by atoms with Gasteiger partial charge in [-0.15, -0.1) is 0 Å². The van der Waals surface area contributed by atoms with E-state index in [2.05, 4.69) is 43.5 Å². The molecule has 0 aliphatic rings. The number of rotatable bonds is 47. The van der Waals surface area contributed by atoms with Crippen molar-refractivity contribution in [2.75, 3.05) is 13.2 Å². The Morgan fingerprint density at radius 2 is 0.797 bits per heavy atom. The molecular formula is C53H99NO5. The fourth-order valence-corrected chi connectivity index (χ4v) is 7.62. The van der Waals surface area contributed by atoms with Gasteiger partial charge in [0.25, 0.3) is 0 Å². The van der Waals surface area contributed by atoms with E-state index in [9.17, 15) is 19.8 Å².